The van der Waals surface area contributed by atoms with E-state index < -0.39 is 0 Å². The van der Waals surface area contributed by atoms with Gasteiger partial charge in [0, 0.05) is 106 Å². The molecule has 1 aliphatic rings. The Balaban J connectivity index is 1.29. The average molecular weight is 1110 g/mol. The summed E-state index contributed by atoms with van der Waals surface area (Å²) in [4.78, 5) is 20.2. The molecule has 2 N–H and O–H groups in total. The van der Waals surface area contributed by atoms with Crippen molar-refractivity contribution in [2.24, 2.45) is 20.0 Å². The first-order valence-electron chi connectivity index (χ1n) is 25.1. The van der Waals surface area contributed by atoms with E-state index in [0.29, 0.717) is 95.4 Å². The first-order valence-corrected chi connectivity index (χ1v) is 27.4. The number of alkyl halides is 2. The lowest BCUT2D eigenvalue weighted by molar-refractivity contribution is 0.304. The third-order valence-electron chi connectivity index (χ3n) is 12.7. The predicted molar refractivity (Wildman–Crippen MR) is 312 cm³/mol. The Bertz CT molecular complexity index is 2960. The maximum absolute atomic E-state index is 12.7. The van der Waals surface area contributed by atoms with E-state index >= 15 is 0 Å². The summed E-state index contributed by atoms with van der Waals surface area (Å²) in [6.45, 7) is 0.940. The Morgan fingerprint density at radius 1 is 0.351 bits per heavy atom. The zero-order chi connectivity index (χ0) is 50.9. The van der Waals surface area contributed by atoms with Gasteiger partial charge in [-0.05, 0) is 96.5 Å². The highest BCUT2D eigenvalue weighted by Gasteiger charge is 2.23. The summed E-state index contributed by atoms with van der Waals surface area (Å²) in [5, 5.41) is 27.1. The second kappa shape index (κ2) is 26.0. The van der Waals surface area contributed by atoms with Crippen molar-refractivity contribution < 1.29 is 19.7 Å². The fourth-order valence-electron chi connectivity index (χ4n) is 9.00. The summed E-state index contributed by atoms with van der Waals surface area (Å²) in [5.41, 5.74) is 12.7. The van der Waals surface area contributed by atoms with Gasteiger partial charge in [0.1, 0.15) is 23.0 Å². The van der Waals surface area contributed by atoms with Crippen molar-refractivity contribution in [3.8, 4) is 23.0 Å². The molecule has 0 unspecified atom stereocenters. The quantitative estimate of drug-likeness (QED) is 0.0507. The molecule has 0 atom stereocenters. The number of aromatic hydroxyl groups is 2. The molecule has 0 heterocycles. The number of benzene rings is 8. The van der Waals surface area contributed by atoms with Crippen LogP contribution in [0.4, 0.5) is 22.7 Å². The van der Waals surface area contributed by atoms with Gasteiger partial charge in [0.05, 0.1) is 36.0 Å². The van der Waals surface area contributed by atoms with Crippen LogP contribution in [-0.2, 0) is 25.7 Å². The minimum Gasteiger partial charge on any atom is -0.507 e. The molecule has 0 aliphatic heterocycles. The van der Waals surface area contributed by atoms with Crippen molar-refractivity contribution in [3.63, 3.8) is 0 Å². The summed E-state index contributed by atoms with van der Waals surface area (Å²) < 4.78 is 13.7. The average Bonchev–Trinajstić information content (AvgIpc) is 3.43. The number of phenolic OH excluding ortho intramolecular Hbond substituents is 2. The molecule has 1 aliphatic carbocycles. The van der Waals surface area contributed by atoms with Crippen LogP contribution >= 0.6 is 31.9 Å². The summed E-state index contributed by atoms with van der Waals surface area (Å²) in [5.74, 6) is 1.70. The van der Waals surface area contributed by atoms with Gasteiger partial charge in [0.25, 0.3) is 0 Å². The second-order valence-corrected chi connectivity index (χ2v) is 19.9. The molecule has 74 heavy (non-hydrogen) atoms. The van der Waals surface area contributed by atoms with Gasteiger partial charge in [-0.15, -0.1) is 0 Å². The van der Waals surface area contributed by atoms with Crippen molar-refractivity contribution in [1.82, 2.24) is 0 Å². The Morgan fingerprint density at radius 2 is 0.595 bits per heavy atom. The van der Waals surface area contributed by atoms with E-state index in [1.807, 2.05) is 170 Å². The van der Waals surface area contributed by atoms with Gasteiger partial charge in [-0.25, -0.2) is 0 Å². The second-order valence-electron chi connectivity index (χ2n) is 18.3. The molecule has 0 saturated heterocycles. The van der Waals surface area contributed by atoms with Gasteiger partial charge in [-0.3, -0.25) is 20.0 Å². The fraction of sp³-hybridized carbons (Fsp3) is 0.188. The summed E-state index contributed by atoms with van der Waals surface area (Å²) in [7, 11) is 0. The molecule has 0 spiro atoms. The maximum atomic E-state index is 12.7. The number of hydrogen-bond donors (Lipinski definition) is 2. The van der Waals surface area contributed by atoms with Gasteiger partial charge < -0.3 is 19.7 Å². The molecule has 0 saturated carbocycles. The third kappa shape index (κ3) is 14.0. The van der Waals surface area contributed by atoms with E-state index in [2.05, 4.69) is 56.1 Å². The van der Waals surface area contributed by atoms with Crippen molar-refractivity contribution in [3.05, 3.63) is 237 Å². The van der Waals surface area contributed by atoms with Gasteiger partial charge in [-0.1, -0.05) is 153 Å². The largest absolute Gasteiger partial charge is 0.507 e. The predicted octanol–water partition coefficient (Wildman–Crippen LogP) is 15.9. The highest BCUT2D eigenvalue weighted by molar-refractivity contribution is 9.09. The molecular weight excluding hydrogens is 1050 g/mol. The number of halogens is 2. The number of hydrogen-bond acceptors (Lipinski definition) is 8. The van der Waals surface area contributed by atoms with E-state index in [1.165, 1.54) is 0 Å². The van der Waals surface area contributed by atoms with Gasteiger partial charge in [0.15, 0.2) is 0 Å². The van der Waals surface area contributed by atoms with E-state index in [9.17, 15) is 10.2 Å². The molecule has 10 heteroatoms. The van der Waals surface area contributed by atoms with Crippen molar-refractivity contribution in [2.45, 2.75) is 51.4 Å². The Hall–Kier alpha value is -7.40. The number of phenols is 2. The van der Waals surface area contributed by atoms with Crippen LogP contribution in [0.5, 0.6) is 23.0 Å². The maximum Gasteiger partial charge on any atom is 0.126 e. The summed E-state index contributed by atoms with van der Waals surface area (Å²) in [6.07, 6.45) is 12.1. The first-order chi connectivity index (χ1) is 36.4. The van der Waals surface area contributed by atoms with Crippen LogP contribution in [0.1, 0.15) is 92.4 Å². The zero-order valence-corrected chi connectivity index (χ0v) is 44.4. The number of aliphatic imine (C=N–C) groups is 4. The standard InChI is InChI=1S/C64H58Br2N4O4/c65-25-13-15-27-73-63-53-29-49-33-57(67-41-45-17-5-1-6-18-45)34-50(61(49)71)30-54-38-60(70-44-48-23-11-4-12-24-48)40-56(64(54)74-28-16-14-26-66)32-52-36-58(68-42-46-19-7-2-8-20-46)35-51(62(52)72)31-55(63)39-59(37-53)69-43-47-21-9-3-10-22-47/h1-12,17-24,33-44,71-72H,13-16,25-32H2. The molecule has 8 nitrogen and oxygen atoms in total. The van der Waals surface area contributed by atoms with E-state index in [-0.39, 0.29) is 11.5 Å². The van der Waals surface area contributed by atoms with Gasteiger partial charge >= 0.3 is 0 Å². The van der Waals surface area contributed by atoms with Crippen LogP contribution in [0.2, 0.25) is 0 Å². The molecule has 8 aromatic rings. The fourth-order valence-corrected chi connectivity index (χ4v) is 9.80. The van der Waals surface area contributed by atoms with Crippen molar-refractivity contribution >= 4 is 79.5 Å². The smallest absolute Gasteiger partial charge is 0.126 e. The highest BCUT2D eigenvalue weighted by Crippen LogP contribution is 2.43. The molecule has 0 amide bonds. The third-order valence-corrected chi connectivity index (χ3v) is 13.8. The SMILES string of the molecule is Oc1c2cc(N=Cc3ccccc3)cc1Cc1cc(N=Cc3ccccc3)cc(c1OCCCCBr)Cc1cc(N=Cc3ccccc3)cc(c1O)Cc1cc(N=Cc3ccccc3)cc(c1OCCCCBr)C2. The lowest BCUT2D eigenvalue weighted by Crippen LogP contribution is -2.08. The van der Waals surface area contributed by atoms with E-state index in [0.717, 1.165) is 80.9 Å². The zero-order valence-electron chi connectivity index (χ0n) is 41.2. The Labute approximate surface area is 451 Å². The van der Waals surface area contributed by atoms with Crippen molar-refractivity contribution in [1.29, 1.82) is 0 Å². The molecule has 9 rings (SSSR count). The van der Waals surface area contributed by atoms with E-state index in [4.69, 9.17) is 29.4 Å². The Morgan fingerprint density at radius 3 is 0.838 bits per heavy atom. The highest BCUT2D eigenvalue weighted by atomic mass is 79.9. The lowest BCUT2D eigenvalue weighted by Gasteiger charge is -2.22. The number of fused-ring (bicyclic) bond motifs is 8. The van der Waals surface area contributed by atoms with Crippen LogP contribution in [0.15, 0.2) is 190 Å². The van der Waals surface area contributed by atoms with Gasteiger partial charge in [0.2, 0.25) is 0 Å². The molecular formula is C64H58Br2N4O4. The topological polar surface area (TPSA) is 108 Å². The number of nitrogens with zero attached hydrogens (tertiary/aromatic N) is 4. The minimum atomic E-state index is 0.162. The van der Waals surface area contributed by atoms with Crippen LogP contribution in [0.25, 0.3) is 0 Å². The number of ether oxygens (including phenoxy) is 2. The Kier molecular flexibility index (Phi) is 18.1. The van der Waals surface area contributed by atoms with Gasteiger partial charge in [-0.2, -0.15) is 0 Å². The van der Waals surface area contributed by atoms with E-state index in [1.54, 1.807) is 0 Å². The first kappa shape index (κ1) is 51.5. The summed E-state index contributed by atoms with van der Waals surface area (Å²) >= 11 is 7.21. The van der Waals surface area contributed by atoms with Crippen molar-refractivity contribution in [2.75, 3.05) is 23.9 Å². The normalized spacial score (nSPS) is 12.6. The summed E-state index contributed by atoms with van der Waals surface area (Å²) in [6, 6.07) is 56.1. The molecule has 0 aromatic heterocycles. The lowest BCUT2D eigenvalue weighted by atomic mass is 9.90. The number of unbranched alkanes of at least 4 members (excludes halogenated alkanes) is 2. The minimum absolute atomic E-state index is 0.162. The molecule has 8 bridgehead atoms. The van der Waals surface area contributed by atoms with Crippen LogP contribution in [0, 0.1) is 0 Å². The molecule has 0 fully saturated rings. The number of rotatable bonds is 18. The van der Waals surface area contributed by atoms with Crippen LogP contribution < -0.4 is 9.47 Å². The monoisotopic (exact) mass is 1100 g/mol. The molecule has 372 valence electrons. The molecule has 8 aromatic carbocycles. The molecule has 0 radical (unpaired) electrons. The van der Waals surface area contributed by atoms with Crippen LogP contribution in [0.3, 0.4) is 0 Å². The van der Waals surface area contributed by atoms with Crippen LogP contribution in [-0.4, -0.2) is 58.9 Å².